The molecule has 0 fully saturated rings. The third-order valence-electron chi connectivity index (χ3n) is 0.418. The summed E-state index contributed by atoms with van der Waals surface area (Å²) in [5, 5.41) is 31.0. The number of hydrogen-bond donors (Lipinski definition) is 4. The van der Waals surface area contributed by atoms with Crippen LogP contribution in [0.15, 0.2) is 0 Å². The number of aliphatic hydroxyl groups excluding tert-OH is 1. The Morgan fingerprint density at radius 1 is 1.67 bits per heavy atom. The van der Waals surface area contributed by atoms with E-state index in [9.17, 15) is 0 Å². The first-order valence-corrected chi connectivity index (χ1v) is 2.50. The van der Waals surface area contributed by atoms with Crippen LogP contribution in [0.25, 0.3) is 0 Å². The van der Waals surface area contributed by atoms with Crippen molar-refractivity contribution >= 4 is 7.32 Å². The molecule has 56 valence electrons. The van der Waals surface area contributed by atoms with Crippen molar-refractivity contribution in [3.63, 3.8) is 0 Å². The molecule has 6 heteroatoms. The second-order valence-electron chi connectivity index (χ2n) is 1.46. The Morgan fingerprint density at radius 3 is 1.78 bits per heavy atom. The van der Waals surface area contributed by atoms with Crippen LogP contribution in [0.2, 0.25) is 0 Å². The molecule has 0 heterocycles. The van der Waals surface area contributed by atoms with E-state index in [1.54, 1.807) is 6.92 Å². The third kappa shape index (κ3) is 77.8. The molecule has 0 saturated heterocycles. The molecule has 5 nitrogen and oxygen atoms in total. The lowest BCUT2D eigenvalue weighted by Gasteiger charge is -1.92. The summed E-state index contributed by atoms with van der Waals surface area (Å²) in [7, 11) is -2.42. The highest BCUT2D eigenvalue weighted by Crippen LogP contribution is 1.63. The molecule has 1 atom stereocenters. The summed E-state index contributed by atoms with van der Waals surface area (Å²) in [4.78, 5) is 0. The van der Waals surface area contributed by atoms with Crippen molar-refractivity contribution in [2.75, 3.05) is 6.54 Å². The lowest BCUT2D eigenvalue weighted by atomic mass is 10.3. The van der Waals surface area contributed by atoms with Gasteiger partial charge >= 0.3 is 7.32 Å². The molecule has 0 amide bonds. The molecule has 9 heavy (non-hydrogen) atoms. The third-order valence-corrected chi connectivity index (χ3v) is 0.418. The largest absolute Gasteiger partial charge is 0.832 e. The Balaban J connectivity index is 0. The molecule has 0 rings (SSSR count). The van der Waals surface area contributed by atoms with Gasteiger partial charge in [-0.25, -0.2) is 0 Å². The first-order valence-electron chi connectivity index (χ1n) is 2.50. The van der Waals surface area contributed by atoms with Gasteiger partial charge in [0, 0.05) is 0 Å². The van der Waals surface area contributed by atoms with Gasteiger partial charge in [0.15, 0.2) is 0 Å². The van der Waals surface area contributed by atoms with Crippen LogP contribution in [0.3, 0.4) is 0 Å². The molecule has 0 bridgehead atoms. The minimum absolute atomic E-state index is 0.227. The SMILES string of the molecule is CC(O)C[NH3+].[O-]B(O)O. The van der Waals surface area contributed by atoms with Gasteiger partial charge < -0.3 is 25.9 Å². The standard InChI is InChI=1S/C3H9NO.BH2O3/c1-3(5)2-4;2-1(3)4/h3,5H,2,4H2,1H3;2-3H/q;-1/p+1. The van der Waals surface area contributed by atoms with Gasteiger partial charge in [-0.2, -0.15) is 0 Å². The maximum absolute atomic E-state index is 8.64. The Labute approximate surface area is 53.9 Å². The number of quaternary nitrogens is 1. The average molecular weight is 137 g/mol. The van der Waals surface area contributed by atoms with Crippen LogP contribution in [-0.2, 0) is 0 Å². The van der Waals surface area contributed by atoms with Gasteiger partial charge in [-0.05, 0) is 6.92 Å². The highest BCUT2D eigenvalue weighted by Gasteiger charge is 1.85. The van der Waals surface area contributed by atoms with Gasteiger partial charge in [0.1, 0.15) is 6.54 Å². The summed E-state index contributed by atoms with van der Waals surface area (Å²) in [6.45, 7) is 2.33. The molecule has 0 aliphatic rings. The predicted octanol–water partition coefficient (Wildman–Crippen LogP) is -4.07. The normalized spacial score (nSPS) is 11.3. The highest BCUT2D eigenvalue weighted by atomic mass is 16.5. The summed E-state index contributed by atoms with van der Waals surface area (Å²) in [6, 6.07) is 0. The molecule has 0 spiro atoms. The fourth-order valence-corrected chi connectivity index (χ4v) is 0. The highest BCUT2D eigenvalue weighted by molar-refractivity contribution is 6.28. The van der Waals surface area contributed by atoms with E-state index in [0.717, 1.165) is 0 Å². The molecule has 0 aliphatic carbocycles. The zero-order chi connectivity index (χ0) is 7.86. The second-order valence-corrected chi connectivity index (χ2v) is 1.46. The maximum atomic E-state index is 8.64. The van der Waals surface area contributed by atoms with Gasteiger partial charge in [0.05, 0.1) is 6.10 Å². The molecule has 1 unspecified atom stereocenters. The van der Waals surface area contributed by atoms with Crippen molar-refractivity contribution in [2.24, 2.45) is 0 Å². The van der Waals surface area contributed by atoms with Crippen LogP contribution in [0, 0.1) is 0 Å². The van der Waals surface area contributed by atoms with Crippen LogP contribution >= 0.6 is 0 Å². The first-order chi connectivity index (χ1) is 4.00. The van der Waals surface area contributed by atoms with Crippen molar-refractivity contribution in [3.8, 4) is 0 Å². The van der Waals surface area contributed by atoms with Crippen LogP contribution < -0.4 is 10.8 Å². The fourth-order valence-electron chi connectivity index (χ4n) is 0. The molecule has 6 N–H and O–H groups in total. The van der Waals surface area contributed by atoms with E-state index in [-0.39, 0.29) is 6.10 Å². The van der Waals surface area contributed by atoms with Gasteiger partial charge in [-0.15, -0.1) is 0 Å². The average Bonchev–Trinajstić information content (AvgIpc) is 1.65. The topological polar surface area (TPSA) is 111 Å². The molecule has 0 aliphatic heterocycles. The molecule has 0 aromatic heterocycles. The van der Waals surface area contributed by atoms with Gasteiger partial charge in [0.25, 0.3) is 0 Å². The summed E-state index contributed by atoms with van der Waals surface area (Å²) in [6.07, 6.45) is -0.227. The van der Waals surface area contributed by atoms with E-state index in [4.69, 9.17) is 20.2 Å². The molecule has 0 radical (unpaired) electrons. The summed E-state index contributed by atoms with van der Waals surface area (Å²) < 4.78 is 0. The van der Waals surface area contributed by atoms with Crippen molar-refractivity contribution in [1.29, 1.82) is 0 Å². The Morgan fingerprint density at radius 2 is 1.78 bits per heavy atom. The molecular formula is C3H12BNO4. The van der Waals surface area contributed by atoms with Gasteiger partial charge in [0.2, 0.25) is 0 Å². The van der Waals surface area contributed by atoms with Crippen molar-refractivity contribution in [1.82, 2.24) is 0 Å². The van der Waals surface area contributed by atoms with E-state index in [2.05, 4.69) is 5.73 Å². The number of aliphatic hydroxyl groups is 1. The summed E-state index contributed by atoms with van der Waals surface area (Å²) >= 11 is 0. The Bertz CT molecular complexity index is 48.3. The van der Waals surface area contributed by atoms with Gasteiger partial charge in [-0.1, -0.05) is 0 Å². The first kappa shape index (κ1) is 11.6. The van der Waals surface area contributed by atoms with Crippen molar-refractivity contribution < 1.29 is 25.9 Å². The van der Waals surface area contributed by atoms with Crippen LogP contribution in [0.1, 0.15) is 6.92 Å². The second kappa shape index (κ2) is 7.86. The minimum atomic E-state index is -2.42. The van der Waals surface area contributed by atoms with E-state index >= 15 is 0 Å². The number of hydrogen-bond acceptors (Lipinski definition) is 4. The molecule has 0 aromatic carbocycles. The molecule has 0 aromatic rings. The van der Waals surface area contributed by atoms with E-state index in [1.807, 2.05) is 0 Å². The van der Waals surface area contributed by atoms with E-state index < -0.39 is 7.32 Å². The molecule has 0 saturated carbocycles. The Hall–Kier alpha value is -0.135. The monoisotopic (exact) mass is 137 g/mol. The lowest BCUT2D eigenvalue weighted by Crippen LogP contribution is -2.54. The zero-order valence-electron chi connectivity index (χ0n) is 5.32. The predicted molar refractivity (Wildman–Crippen MR) is 29.6 cm³/mol. The number of rotatable bonds is 1. The summed E-state index contributed by atoms with van der Waals surface area (Å²) in [5.74, 6) is 0. The Kier molecular flexibility index (Phi) is 10.2. The fraction of sp³-hybridized carbons (Fsp3) is 1.00. The quantitative estimate of drug-likeness (QED) is 0.275. The lowest BCUT2D eigenvalue weighted by molar-refractivity contribution is -0.382. The van der Waals surface area contributed by atoms with Gasteiger partial charge in [-0.3, -0.25) is 0 Å². The van der Waals surface area contributed by atoms with Crippen LogP contribution in [0.4, 0.5) is 0 Å². The zero-order valence-corrected chi connectivity index (χ0v) is 5.32. The van der Waals surface area contributed by atoms with E-state index in [0.29, 0.717) is 6.54 Å². The molecular weight excluding hydrogens is 125 g/mol. The van der Waals surface area contributed by atoms with E-state index in [1.165, 1.54) is 0 Å². The summed E-state index contributed by atoms with van der Waals surface area (Å²) in [5.41, 5.74) is 3.44. The van der Waals surface area contributed by atoms with Crippen LogP contribution in [0.5, 0.6) is 0 Å². The van der Waals surface area contributed by atoms with Crippen molar-refractivity contribution in [2.45, 2.75) is 13.0 Å². The maximum Gasteiger partial charge on any atom is 0.339 e. The van der Waals surface area contributed by atoms with Crippen molar-refractivity contribution in [3.05, 3.63) is 0 Å². The smallest absolute Gasteiger partial charge is 0.339 e. The minimum Gasteiger partial charge on any atom is -0.832 e. The van der Waals surface area contributed by atoms with Crippen LogP contribution in [-0.4, -0.2) is 35.1 Å².